The number of halogens is 2. The third-order valence-electron chi connectivity index (χ3n) is 0.653. The van der Waals surface area contributed by atoms with Gasteiger partial charge < -0.3 is 10.4 Å². The minimum absolute atomic E-state index is 0.0162. The lowest BCUT2D eigenvalue weighted by atomic mass is 10.9. The monoisotopic (exact) mass is 167 g/mol. The van der Waals surface area contributed by atoms with Crippen molar-refractivity contribution in [2.75, 3.05) is 0 Å². The van der Waals surface area contributed by atoms with Gasteiger partial charge in [0.25, 0.3) is 0 Å². The quantitative estimate of drug-likeness (QED) is 0.396. The van der Waals surface area contributed by atoms with Crippen molar-refractivity contribution in [1.82, 2.24) is 5.32 Å². The summed E-state index contributed by atoms with van der Waals surface area (Å²) in [5.74, 6) is 0. The number of aliphatic hydroxyl groups is 1. The Bertz CT molecular complexity index is 176. The normalized spacial score (nSPS) is 33.4. The van der Waals surface area contributed by atoms with Gasteiger partial charge in [-0.15, -0.1) is 0 Å². The van der Waals surface area contributed by atoms with Gasteiger partial charge in [0.15, 0.2) is 0 Å². The summed E-state index contributed by atoms with van der Waals surface area (Å²) < 4.78 is 0. The zero-order valence-corrected chi connectivity index (χ0v) is 5.69. The number of nitrogens with one attached hydrogen (secondary N) is 1. The second kappa shape index (κ2) is 2.13. The van der Waals surface area contributed by atoms with Crippen LogP contribution in [0.3, 0.4) is 0 Å². The Morgan fingerprint density at radius 3 is 2.78 bits per heavy atom. The molecule has 0 bridgehead atoms. The molecule has 0 saturated carbocycles. The van der Waals surface area contributed by atoms with Gasteiger partial charge in [-0.2, -0.15) is 4.99 Å². The van der Waals surface area contributed by atoms with Gasteiger partial charge in [-0.1, -0.05) is 0 Å². The fraction of sp³-hybridized carbons (Fsp3) is 0.333. The zero-order chi connectivity index (χ0) is 6.91. The van der Waals surface area contributed by atoms with Crippen LogP contribution in [0.25, 0.3) is 0 Å². The predicted octanol–water partition coefficient (Wildman–Crippen LogP) is 0.0551. The van der Waals surface area contributed by atoms with Crippen LogP contribution in [0, 0.1) is 0 Å². The van der Waals surface area contributed by atoms with Gasteiger partial charge in [-0.3, -0.25) is 0 Å². The summed E-state index contributed by atoms with van der Waals surface area (Å²) in [6, 6.07) is 0. The summed E-state index contributed by atoms with van der Waals surface area (Å²) in [7, 11) is 0. The lowest BCUT2D eigenvalue weighted by molar-refractivity contribution is 0.148. The van der Waals surface area contributed by atoms with Gasteiger partial charge in [0, 0.05) is 0 Å². The number of alkyl halides is 1. The molecule has 1 rings (SSSR count). The fourth-order valence-corrected chi connectivity index (χ4v) is 0.697. The fourth-order valence-electron chi connectivity index (χ4n) is 0.354. The van der Waals surface area contributed by atoms with E-state index in [4.69, 9.17) is 28.3 Å². The van der Waals surface area contributed by atoms with E-state index in [-0.39, 0.29) is 5.29 Å². The van der Waals surface area contributed by atoms with Crippen molar-refractivity contribution in [3.8, 4) is 0 Å². The summed E-state index contributed by atoms with van der Waals surface area (Å²) in [4.78, 5) is 6.63. The Morgan fingerprint density at radius 2 is 2.44 bits per heavy atom. The molecule has 0 amide bonds. The number of amidine groups is 1. The average molecular weight is 168 g/mol. The summed E-state index contributed by atoms with van der Waals surface area (Å²) in [5, 5.41) is 9.32. The summed E-state index contributed by atoms with van der Waals surface area (Å²) in [6.07, 6.45) is 1.17. The van der Waals surface area contributed by atoms with Crippen molar-refractivity contribution in [3.63, 3.8) is 0 Å². The molecule has 1 unspecified atom stereocenters. The van der Waals surface area contributed by atoms with Crippen LogP contribution >= 0.6 is 23.2 Å². The molecule has 0 radical (unpaired) electrons. The first kappa shape index (κ1) is 6.80. The number of rotatable bonds is 0. The molecule has 2 N–H and O–H groups in total. The first-order valence-corrected chi connectivity index (χ1v) is 2.83. The molecule has 0 fully saturated rings. The van der Waals surface area contributed by atoms with Crippen LogP contribution in [0.5, 0.6) is 0 Å². The van der Waals surface area contributed by atoms with E-state index >= 15 is 0 Å². The Morgan fingerprint density at radius 1 is 1.78 bits per heavy atom. The van der Waals surface area contributed by atoms with Crippen LogP contribution in [0.4, 0.5) is 0 Å². The maximum Gasteiger partial charge on any atom is 0.341 e. The van der Waals surface area contributed by atoms with E-state index in [1.807, 2.05) is 0 Å². The molecule has 0 aromatic heterocycles. The molecule has 4 nitrogen and oxygen atoms in total. The molecular weight excluding hydrogens is 165 g/mol. The molecule has 1 heterocycles. The highest BCUT2D eigenvalue weighted by Gasteiger charge is 2.22. The topological polar surface area (TPSA) is 57.0 Å². The smallest absolute Gasteiger partial charge is 0.338 e. The van der Waals surface area contributed by atoms with E-state index in [1.165, 1.54) is 6.34 Å². The van der Waals surface area contributed by atoms with Gasteiger partial charge in [-0.05, 0) is 23.2 Å². The standard InChI is InChI=1S/C3H3Cl2N3O/c4-2-6-1-7-3(5,9)8-2/h1,9H,(H,6,7,8). The van der Waals surface area contributed by atoms with Gasteiger partial charge >= 0.3 is 5.31 Å². The molecule has 1 atom stereocenters. The van der Waals surface area contributed by atoms with E-state index in [0.29, 0.717) is 0 Å². The van der Waals surface area contributed by atoms with Gasteiger partial charge in [0.1, 0.15) is 0 Å². The first-order valence-electron chi connectivity index (χ1n) is 2.07. The minimum Gasteiger partial charge on any atom is -0.338 e. The largest absolute Gasteiger partial charge is 0.341 e. The predicted molar refractivity (Wildman–Crippen MR) is 35.7 cm³/mol. The number of hydrogen-bond donors (Lipinski definition) is 2. The Labute approximate surface area is 61.2 Å². The second-order valence-electron chi connectivity index (χ2n) is 1.36. The van der Waals surface area contributed by atoms with Crippen LogP contribution in [0.1, 0.15) is 0 Å². The van der Waals surface area contributed by atoms with Crippen LogP contribution in [-0.2, 0) is 0 Å². The molecule has 0 saturated heterocycles. The van der Waals surface area contributed by atoms with Crippen molar-refractivity contribution < 1.29 is 5.11 Å². The number of nitrogens with zero attached hydrogens (tertiary/aromatic N) is 2. The maximum absolute atomic E-state index is 8.80. The Kier molecular flexibility index (Phi) is 1.61. The van der Waals surface area contributed by atoms with Crippen molar-refractivity contribution in [3.05, 3.63) is 0 Å². The van der Waals surface area contributed by atoms with Crippen LogP contribution in [-0.4, -0.2) is 22.0 Å². The minimum atomic E-state index is -1.91. The first-order chi connectivity index (χ1) is 4.10. The molecule has 6 heteroatoms. The molecule has 9 heavy (non-hydrogen) atoms. The summed E-state index contributed by atoms with van der Waals surface area (Å²) in [6.45, 7) is 0. The molecule has 50 valence electrons. The molecule has 0 aliphatic carbocycles. The second-order valence-corrected chi connectivity index (χ2v) is 2.22. The number of hydrogen-bond acceptors (Lipinski definition) is 4. The van der Waals surface area contributed by atoms with Crippen LogP contribution < -0.4 is 5.32 Å². The SMILES string of the molecule is OC1(Cl)N=CNC(Cl)=N1. The van der Waals surface area contributed by atoms with E-state index < -0.39 is 5.31 Å². The van der Waals surface area contributed by atoms with Gasteiger partial charge in [-0.25, -0.2) is 4.99 Å². The third-order valence-corrected chi connectivity index (χ3v) is 1.03. The van der Waals surface area contributed by atoms with Crippen molar-refractivity contribution in [2.45, 2.75) is 5.31 Å². The number of aliphatic imine (C=N–C) groups is 2. The molecule has 0 spiro atoms. The highest BCUT2D eigenvalue weighted by atomic mass is 35.5. The Hall–Kier alpha value is -0.320. The molecule has 1 aliphatic heterocycles. The molecular formula is C3H3Cl2N3O. The van der Waals surface area contributed by atoms with Crippen LogP contribution in [0.15, 0.2) is 9.98 Å². The van der Waals surface area contributed by atoms with Crippen molar-refractivity contribution >= 4 is 34.8 Å². The highest BCUT2D eigenvalue weighted by Crippen LogP contribution is 2.15. The lowest BCUT2D eigenvalue weighted by Crippen LogP contribution is -2.29. The average Bonchev–Trinajstić information content (AvgIpc) is 1.60. The summed E-state index contributed by atoms with van der Waals surface area (Å²) in [5.41, 5.74) is 0. The van der Waals surface area contributed by atoms with E-state index in [9.17, 15) is 0 Å². The molecule has 0 aromatic rings. The summed E-state index contributed by atoms with van der Waals surface area (Å²) >= 11 is 10.5. The highest BCUT2D eigenvalue weighted by molar-refractivity contribution is 6.66. The Balaban J connectivity index is 2.78. The van der Waals surface area contributed by atoms with Crippen molar-refractivity contribution in [1.29, 1.82) is 0 Å². The lowest BCUT2D eigenvalue weighted by Gasteiger charge is -2.13. The molecule has 1 aliphatic rings. The van der Waals surface area contributed by atoms with E-state index in [0.717, 1.165) is 0 Å². The molecule has 0 aromatic carbocycles. The third kappa shape index (κ3) is 1.82. The van der Waals surface area contributed by atoms with Crippen LogP contribution in [0.2, 0.25) is 0 Å². The van der Waals surface area contributed by atoms with Gasteiger partial charge in [0.2, 0.25) is 5.29 Å². The zero-order valence-electron chi connectivity index (χ0n) is 4.17. The van der Waals surface area contributed by atoms with Gasteiger partial charge in [0.05, 0.1) is 6.34 Å². The maximum atomic E-state index is 8.80. The van der Waals surface area contributed by atoms with E-state index in [1.54, 1.807) is 0 Å². The van der Waals surface area contributed by atoms with Crippen molar-refractivity contribution in [2.24, 2.45) is 9.98 Å². The van der Waals surface area contributed by atoms with E-state index in [2.05, 4.69) is 15.3 Å².